The third kappa shape index (κ3) is 4.00. The van der Waals surface area contributed by atoms with Gasteiger partial charge in [0.25, 0.3) is 5.56 Å². The Balaban J connectivity index is 1.85. The first-order valence-electron chi connectivity index (χ1n) is 9.40. The molecule has 0 bridgehead atoms. The van der Waals surface area contributed by atoms with Crippen LogP contribution in [0.5, 0.6) is 0 Å². The van der Waals surface area contributed by atoms with Gasteiger partial charge in [-0.25, -0.2) is 17.5 Å². The predicted octanol–water partition coefficient (Wildman–Crippen LogP) is 3.78. The third-order valence-corrected chi connectivity index (χ3v) is 6.58. The molecule has 7 heteroatoms. The Morgan fingerprint density at radius 3 is 2.21 bits per heavy atom. The Kier molecular flexibility index (Phi) is 4.86. The van der Waals surface area contributed by atoms with Crippen LogP contribution in [-0.2, 0) is 16.4 Å². The topological polar surface area (TPSA) is 69.0 Å². The van der Waals surface area contributed by atoms with E-state index in [0.717, 1.165) is 12.7 Å². The summed E-state index contributed by atoms with van der Waals surface area (Å²) in [5.41, 5.74) is 2.05. The molecule has 0 N–H and O–H groups in total. The van der Waals surface area contributed by atoms with Crippen LogP contribution in [0.15, 0.2) is 64.4 Å². The lowest BCUT2D eigenvalue weighted by Crippen LogP contribution is -2.26. The lowest BCUT2D eigenvalue weighted by Gasteiger charge is -2.13. The average molecular weight is 412 g/mol. The zero-order chi connectivity index (χ0) is 20.8. The molecule has 0 aliphatic heterocycles. The van der Waals surface area contributed by atoms with E-state index < -0.39 is 9.84 Å². The Morgan fingerprint density at radius 1 is 1.07 bits per heavy atom. The third-order valence-electron chi connectivity index (χ3n) is 5.45. The van der Waals surface area contributed by atoms with Crippen LogP contribution < -0.4 is 5.56 Å². The van der Waals surface area contributed by atoms with Gasteiger partial charge < -0.3 is 0 Å². The van der Waals surface area contributed by atoms with Crippen LogP contribution in [-0.4, -0.2) is 24.5 Å². The van der Waals surface area contributed by atoms with Crippen molar-refractivity contribution in [2.75, 3.05) is 6.26 Å². The molecule has 0 radical (unpaired) electrons. The lowest BCUT2D eigenvalue weighted by molar-refractivity contribution is 0.515. The zero-order valence-corrected chi connectivity index (χ0v) is 17.0. The Morgan fingerprint density at radius 2 is 1.66 bits per heavy atom. The van der Waals surface area contributed by atoms with Gasteiger partial charge in [-0.3, -0.25) is 4.79 Å². The van der Waals surface area contributed by atoms with E-state index in [2.05, 4.69) is 12.0 Å². The van der Waals surface area contributed by atoms with E-state index in [1.807, 2.05) is 0 Å². The number of nitrogens with zero attached hydrogens (tertiary/aromatic N) is 2. The minimum absolute atomic E-state index is 0.202. The molecule has 2 aromatic carbocycles. The quantitative estimate of drug-likeness (QED) is 0.640. The van der Waals surface area contributed by atoms with Crippen LogP contribution >= 0.6 is 0 Å². The lowest BCUT2D eigenvalue weighted by atomic mass is 9.97. The van der Waals surface area contributed by atoms with Crippen LogP contribution in [0.3, 0.4) is 0 Å². The number of aromatic nitrogens is 2. The van der Waals surface area contributed by atoms with Crippen LogP contribution in [0.4, 0.5) is 4.39 Å². The second-order valence-corrected chi connectivity index (χ2v) is 9.71. The molecular formula is C22H21FN2O3S. The van der Waals surface area contributed by atoms with Crippen LogP contribution in [0, 0.1) is 17.7 Å². The van der Waals surface area contributed by atoms with Gasteiger partial charge in [0.2, 0.25) is 0 Å². The highest BCUT2D eigenvalue weighted by molar-refractivity contribution is 7.90. The molecule has 1 saturated carbocycles. The Hall–Kier alpha value is -2.80. The monoisotopic (exact) mass is 412 g/mol. The molecule has 0 unspecified atom stereocenters. The van der Waals surface area contributed by atoms with Gasteiger partial charge in [-0.1, -0.05) is 31.2 Å². The van der Waals surface area contributed by atoms with Gasteiger partial charge in [-0.05, 0) is 53.6 Å². The molecule has 29 heavy (non-hydrogen) atoms. The minimum Gasteiger partial charge on any atom is -0.267 e. The first-order chi connectivity index (χ1) is 13.7. The molecule has 4 rings (SSSR count). The van der Waals surface area contributed by atoms with Crippen LogP contribution in [0.2, 0.25) is 0 Å². The average Bonchev–Trinajstić information content (AvgIpc) is 3.38. The molecule has 1 aliphatic rings. The molecule has 5 nitrogen and oxygen atoms in total. The van der Waals surface area contributed by atoms with Crippen molar-refractivity contribution >= 4 is 9.84 Å². The second kappa shape index (κ2) is 7.22. The standard InChI is InChI=1S/C22H21FN2O3S/c1-14-11-17(14)13-25-22(26)21(16-3-7-18(23)8-4-16)20(12-24-25)15-5-9-19(10-6-15)29(2,27)28/h3-10,12,14,17H,11,13H2,1-2H3/t14-,17+/m0/s1. The molecule has 3 aromatic rings. The summed E-state index contributed by atoms with van der Waals surface area (Å²) in [5.74, 6) is 0.649. The number of rotatable bonds is 5. The number of benzene rings is 2. The number of sulfone groups is 1. The van der Waals surface area contributed by atoms with Gasteiger partial charge in [0.05, 0.1) is 16.7 Å². The molecular weight excluding hydrogens is 391 g/mol. The van der Waals surface area contributed by atoms with E-state index >= 15 is 0 Å². The van der Waals surface area contributed by atoms with E-state index in [1.165, 1.54) is 28.9 Å². The summed E-state index contributed by atoms with van der Waals surface area (Å²) in [6.07, 6.45) is 3.85. The maximum atomic E-state index is 13.4. The number of halogens is 1. The molecule has 1 aliphatic carbocycles. The fraction of sp³-hybridized carbons (Fsp3) is 0.273. The molecule has 1 fully saturated rings. The maximum Gasteiger partial charge on any atom is 0.275 e. The van der Waals surface area contributed by atoms with Gasteiger partial charge in [0.15, 0.2) is 9.84 Å². The van der Waals surface area contributed by atoms with E-state index in [-0.39, 0.29) is 16.3 Å². The van der Waals surface area contributed by atoms with Gasteiger partial charge in [-0.2, -0.15) is 5.10 Å². The summed E-state index contributed by atoms with van der Waals surface area (Å²) in [6.45, 7) is 2.70. The fourth-order valence-electron chi connectivity index (χ4n) is 3.49. The van der Waals surface area contributed by atoms with Crippen molar-refractivity contribution in [1.29, 1.82) is 0 Å². The van der Waals surface area contributed by atoms with Crippen LogP contribution in [0.1, 0.15) is 13.3 Å². The highest BCUT2D eigenvalue weighted by Crippen LogP contribution is 2.38. The predicted molar refractivity (Wildman–Crippen MR) is 110 cm³/mol. The van der Waals surface area contributed by atoms with E-state index in [0.29, 0.717) is 40.6 Å². The summed E-state index contributed by atoms with van der Waals surface area (Å²) in [7, 11) is -3.32. The molecule has 1 heterocycles. The SMILES string of the molecule is C[C@H]1C[C@@H]1Cn1ncc(-c2ccc(S(C)(=O)=O)cc2)c(-c2ccc(F)cc2)c1=O. The van der Waals surface area contributed by atoms with Gasteiger partial charge in [0, 0.05) is 18.4 Å². The minimum atomic E-state index is -3.32. The summed E-state index contributed by atoms with van der Waals surface area (Å²) in [4.78, 5) is 13.5. The number of hydrogen-bond donors (Lipinski definition) is 0. The summed E-state index contributed by atoms with van der Waals surface area (Å²) in [6, 6.07) is 12.1. The van der Waals surface area contributed by atoms with Gasteiger partial charge >= 0.3 is 0 Å². The summed E-state index contributed by atoms with van der Waals surface area (Å²) >= 11 is 0. The van der Waals surface area contributed by atoms with Crippen molar-refractivity contribution in [2.45, 2.75) is 24.8 Å². The summed E-state index contributed by atoms with van der Waals surface area (Å²) < 4.78 is 38.4. The van der Waals surface area contributed by atoms with Gasteiger partial charge in [0.1, 0.15) is 5.82 Å². The summed E-state index contributed by atoms with van der Waals surface area (Å²) in [5, 5.41) is 4.36. The largest absolute Gasteiger partial charge is 0.275 e. The zero-order valence-electron chi connectivity index (χ0n) is 16.2. The Labute approximate surface area is 168 Å². The van der Waals surface area contributed by atoms with Gasteiger partial charge in [-0.15, -0.1) is 0 Å². The number of hydrogen-bond acceptors (Lipinski definition) is 4. The van der Waals surface area contributed by atoms with Crippen molar-refractivity contribution < 1.29 is 12.8 Å². The molecule has 0 spiro atoms. The molecule has 2 atom stereocenters. The molecule has 0 saturated heterocycles. The van der Waals surface area contributed by atoms with Crippen molar-refractivity contribution in [3.8, 4) is 22.3 Å². The van der Waals surface area contributed by atoms with Crippen molar-refractivity contribution in [3.63, 3.8) is 0 Å². The molecule has 0 amide bonds. The highest BCUT2D eigenvalue weighted by atomic mass is 32.2. The Bertz CT molecular complexity index is 1220. The molecule has 150 valence electrons. The fourth-order valence-corrected chi connectivity index (χ4v) is 4.12. The van der Waals surface area contributed by atoms with E-state index in [1.54, 1.807) is 30.5 Å². The van der Waals surface area contributed by atoms with Crippen LogP contribution in [0.25, 0.3) is 22.3 Å². The highest BCUT2D eigenvalue weighted by Gasteiger charge is 2.33. The maximum absolute atomic E-state index is 13.4. The van der Waals surface area contributed by atoms with Crippen molar-refractivity contribution in [1.82, 2.24) is 9.78 Å². The first-order valence-corrected chi connectivity index (χ1v) is 11.3. The normalized spacial score (nSPS) is 18.6. The van der Waals surface area contributed by atoms with E-state index in [4.69, 9.17) is 0 Å². The first kappa shape index (κ1) is 19.5. The smallest absolute Gasteiger partial charge is 0.267 e. The van der Waals surface area contributed by atoms with Crippen molar-refractivity contribution in [3.05, 3.63) is 70.9 Å². The van der Waals surface area contributed by atoms with E-state index in [9.17, 15) is 17.6 Å². The second-order valence-electron chi connectivity index (χ2n) is 7.70. The van der Waals surface area contributed by atoms with Crippen molar-refractivity contribution in [2.24, 2.45) is 11.8 Å². The molecule has 1 aromatic heterocycles.